The smallest absolute Gasteiger partial charge is 0.254 e. The molecule has 0 unspecified atom stereocenters. The van der Waals surface area contributed by atoms with Crippen LogP contribution in [0.4, 0.5) is 10.1 Å². The van der Waals surface area contributed by atoms with Crippen LogP contribution >= 0.6 is 0 Å². The fraction of sp³-hybridized carbons (Fsp3) is 0.382. The van der Waals surface area contributed by atoms with Gasteiger partial charge in [-0.1, -0.05) is 30.3 Å². The van der Waals surface area contributed by atoms with E-state index in [9.17, 15) is 9.18 Å². The highest BCUT2D eigenvalue weighted by Gasteiger charge is 2.49. The number of para-hydroxylation sites is 2. The number of aromatic nitrogens is 1. The van der Waals surface area contributed by atoms with Crippen LogP contribution in [0.25, 0.3) is 10.9 Å². The third-order valence-electron chi connectivity index (χ3n) is 9.26. The normalized spacial score (nSPS) is 20.0. The third kappa shape index (κ3) is 4.35. The number of nitrogens with zero attached hydrogens (tertiary/aromatic N) is 2. The Labute approximate surface area is 246 Å². The maximum atomic E-state index is 14.9. The molecule has 6 rings (SSSR count). The summed E-state index contributed by atoms with van der Waals surface area (Å²) in [5, 5.41) is 1.22. The van der Waals surface area contributed by atoms with E-state index in [-0.39, 0.29) is 17.6 Å². The predicted octanol–water partition coefficient (Wildman–Crippen LogP) is 6.65. The minimum atomic E-state index is -0.522. The van der Waals surface area contributed by atoms with Gasteiger partial charge in [0.05, 0.1) is 32.6 Å². The van der Waals surface area contributed by atoms with E-state index in [1.807, 2.05) is 25.1 Å². The number of anilines is 1. The number of carbonyl (C=O) groups is 1. The van der Waals surface area contributed by atoms with Gasteiger partial charge in [0.15, 0.2) is 11.5 Å². The first-order valence-corrected chi connectivity index (χ1v) is 14.5. The quantitative estimate of drug-likeness (QED) is 0.281. The van der Waals surface area contributed by atoms with Gasteiger partial charge in [-0.05, 0) is 73.4 Å². The van der Waals surface area contributed by atoms with Crippen LogP contribution in [-0.2, 0) is 12.0 Å². The third-order valence-corrected chi connectivity index (χ3v) is 9.26. The van der Waals surface area contributed by atoms with E-state index >= 15 is 0 Å². The van der Waals surface area contributed by atoms with E-state index < -0.39 is 5.54 Å². The van der Waals surface area contributed by atoms with E-state index in [2.05, 4.69) is 34.1 Å². The first kappa shape index (κ1) is 27.9. The number of aromatic amines is 1. The zero-order chi connectivity index (χ0) is 29.6. The van der Waals surface area contributed by atoms with Gasteiger partial charge in [-0.15, -0.1) is 0 Å². The molecule has 4 aromatic rings. The highest BCUT2D eigenvalue weighted by molar-refractivity contribution is 5.97. The van der Waals surface area contributed by atoms with Crippen molar-refractivity contribution in [1.29, 1.82) is 0 Å². The summed E-state index contributed by atoms with van der Waals surface area (Å²) in [6.45, 7) is 0.595. The Morgan fingerprint density at radius 2 is 1.67 bits per heavy atom. The second-order valence-corrected chi connectivity index (χ2v) is 11.5. The van der Waals surface area contributed by atoms with Gasteiger partial charge in [-0.3, -0.25) is 4.79 Å². The van der Waals surface area contributed by atoms with Crippen molar-refractivity contribution in [3.05, 3.63) is 82.8 Å². The summed E-state index contributed by atoms with van der Waals surface area (Å²) in [6.07, 6.45) is 3.94. The lowest BCUT2D eigenvalue weighted by atomic mass is 9.69. The molecule has 42 heavy (non-hydrogen) atoms. The SMILES string of the molecule is COc1cc(C(=O)N2CCc3c([nH]c4ccccc34)C23CCC(c2cccc(F)c2N(C)C)CC3)cc(OC)c1OC. The molecule has 0 bridgehead atoms. The summed E-state index contributed by atoms with van der Waals surface area (Å²) in [5.41, 5.74) is 5.16. The average molecular weight is 572 g/mol. The van der Waals surface area contributed by atoms with Gasteiger partial charge in [0.1, 0.15) is 5.82 Å². The van der Waals surface area contributed by atoms with Crippen LogP contribution in [0.3, 0.4) is 0 Å². The van der Waals surface area contributed by atoms with Crippen molar-refractivity contribution < 1.29 is 23.4 Å². The predicted molar refractivity (Wildman–Crippen MR) is 163 cm³/mol. The van der Waals surface area contributed by atoms with E-state index in [0.29, 0.717) is 35.0 Å². The number of nitrogens with one attached hydrogen (secondary N) is 1. The van der Waals surface area contributed by atoms with Crippen molar-refractivity contribution in [1.82, 2.24) is 9.88 Å². The number of fused-ring (bicyclic) bond motifs is 4. The molecular formula is C34H38FN3O4. The van der Waals surface area contributed by atoms with Gasteiger partial charge < -0.3 is 29.0 Å². The molecule has 1 fully saturated rings. The molecule has 8 heteroatoms. The number of benzene rings is 3. The molecule has 220 valence electrons. The van der Waals surface area contributed by atoms with Crippen molar-refractivity contribution in [2.45, 2.75) is 43.6 Å². The second-order valence-electron chi connectivity index (χ2n) is 11.5. The Hall–Kier alpha value is -4.20. The van der Waals surface area contributed by atoms with Crippen LogP contribution in [0.15, 0.2) is 54.6 Å². The van der Waals surface area contributed by atoms with Crippen LogP contribution in [-0.4, -0.2) is 57.8 Å². The molecular weight excluding hydrogens is 533 g/mol. The molecule has 1 saturated carbocycles. The van der Waals surface area contributed by atoms with Gasteiger partial charge in [0, 0.05) is 42.8 Å². The Bertz CT molecular complexity index is 1610. The van der Waals surface area contributed by atoms with Gasteiger partial charge in [0.2, 0.25) is 5.75 Å². The zero-order valence-electron chi connectivity index (χ0n) is 24.9. The van der Waals surface area contributed by atoms with Crippen LogP contribution in [0.2, 0.25) is 0 Å². The van der Waals surface area contributed by atoms with E-state index in [1.54, 1.807) is 39.5 Å². The minimum Gasteiger partial charge on any atom is -0.493 e. The van der Waals surface area contributed by atoms with E-state index in [4.69, 9.17) is 14.2 Å². The lowest BCUT2D eigenvalue weighted by Gasteiger charge is -2.51. The standard InChI is InChI=1S/C34H38FN3O4/c1-37(2)30-23(10-8-11-26(30)35)21-13-16-34(17-14-21)32-25(24-9-6-7-12-27(24)36-32)15-18-38(34)33(39)22-19-28(40-3)31(42-5)29(20-22)41-4/h6-12,19-21,36H,13-18H2,1-5H3. The molecule has 0 saturated heterocycles. The molecule has 2 aliphatic rings. The zero-order valence-corrected chi connectivity index (χ0v) is 24.9. The molecule has 1 aliphatic heterocycles. The average Bonchev–Trinajstić information content (AvgIpc) is 3.40. The number of carbonyl (C=O) groups excluding carboxylic acids is 1. The molecule has 1 N–H and O–H groups in total. The summed E-state index contributed by atoms with van der Waals surface area (Å²) >= 11 is 0. The summed E-state index contributed by atoms with van der Waals surface area (Å²) in [6, 6.07) is 17.2. The molecule has 1 spiro atoms. The van der Waals surface area contributed by atoms with Crippen LogP contribution in [0.5, 0.6) is 17.2 Å². The summed E-state index contributed by atoms with van der Waals surface area (Å²) in [5.74, 6) is 1.27. The first-order valence-electron chi connectivity index (χ1n) is 14.5. The molecule has 7 nitrogen and oxygen atoms in total. The molecule has 0 atom stereocenters. The lowest BCUT2D eigenvalue weighted by Crippen LogP contribution is -2.55. The molecule has 2 heterocycles. The second kappa shape index (κ2) is 10.9. The van der Waals surface area contributed by atoms with E-state index in [0.717, 1.165) is 48.9 Å². The van der Waals surface area contributed by atoms with Crippen molar-refractivity contribution in [3.8, 4) is 17.2 Å². The maximum absolute atomic E-state index is 14.9. The number of ether oxygens (including phenoxy) is 3. The van der Waals surface area contributed by atoms with Crippen molar-refractivity contribution in [3.63, 3.8) is 0 Å². The molecule has 1 amide bonds. The minimum absolute atomic E-state index is 0.0725. The number of methoxy groups -OCH3 is 3. The number of hydrogen-bond donors (Lipinski definition) is 1. The number of halogens is 1. The Morgan fingerprint density at radius 3 is 2.31 bits per heavy atom. The molecule has 0 radical (unpaired) electrons. The highest BCUT2D eigenvalue weighted by atomic mass is 19.1. The summed E-state index contributed by atoms with van der Waals surface area (Å²) in [4.78, 5) is 22.1. The van der Waals surface area contributed by atoms with Crippen LogP contribution in [0.1, 0.15) is 58.8 Å². The number of rotatable bonds is 6. The van der Waals surface area contributed by atoms with Crippen LogP contribution < -0.4 is 19.1 Å². The lowest BCUT2D eigenvalue weighted by molar-refractivity contribution is 0.0225. The number of amides is 1. The van der Waals surface area contributed by atoms with Gasteiger partial charge in [0.25, 0.3) is 5.91 Å². The van der Waals surface area contributed by atoms with E-state index in [1.165, 1.54) is 17.0 Å². The van der Waals surface area contributed by atoms with Crippen molar-refractivity contribution in [2.24, 2.45) is 0 Å². The summed E-state index contributed by atoms with van der Waals surface area (Å²) < 4.78 is 31.6. The fourth-order valence-electron chi connectivity index (χ4n) is 7.35. The molecule has 1 aliphatic carbocycles. The number of H-pyrrole nitrogens is 1. The largest absolute Gasteiger partial charge is 0.493 e. The summed E-state index contributed by atoms with van der Waals surface area (Å²) in [7, 11) is 8.45. The number of hydrogen-bond acceptors (Lipinski definition) is 5. The Balaban J connectivity index is 1.43. The highest BCUT2D eigenvalue weighted by Crippen LogP contribution is 2.52. The molecule has 3 aromatic carbocycles. The Kier molecular flexibility index (Phi) is 7.25. The monoisotopic (exact) mass is 571 g/mol. The van der Waals surface area contributed by atoms with Gasteiger partial charge in [-0.25, -0.2) is 4.39 Å². The maximum Gasteiger partial charge on any atom is 0.254 e. The van der Waals surface area contributed by atoms with Crippen molar-refractivity contribution >= 4 is 22.5 Å². The fourth-order valence-corrected chi connectivity index (χ4v) is 7.35. The van der Waals surface area contributed by atoms with Gasteiger partial charge in [-0.2, -0.15) is 0 Å². The Morgan fingerprint density at radius 1 is 0.976 bits per heavy atom. The van der Waals surface area contributed by atoms with Crippen LogP contribution in [0, 0.1) is 5.82 Å². The first-order chi connectivity index (χ1) is 20.3. The molecule has 1 aromatic heterocycles. The topological polar surface area (TPSA) is 67.0 Å². The van der Waals surface area contributed by atoms with Gasteiger partial charge >= 0.3 is 0 Å². The van der Waals surface area contributed by atoms with Crippen molar-refractivity contribution in [2.75, 3.05) is 46.9 Å².